The molecule has 1 aliphatic rings. The van der Waals surface area contributed by atoms with Crippen LogP contribution in [0.25, 0.3) is 0 Å². The van der Waals surface area contributed by atoms with E-state index in [2.05, 4.69) is 6.58 Å². The molecule has 0 amide bonds. The van der Waals surface area contributed by atoms with Crippen molar-refractivity contribution in [2.75, 3.05) is 0 Å². The summed E-state index contributed by atoms with van der Waals surface area (Å²) in [7, 11) is 0. The normalized spacial score (nSPS) is 27.4. The van der Waals surface area contributed by atoms with Crippen LogP contribution in [0.2, 0.25) is 0 Å². The number of hydrogen-bond donors (Lipinski definition) is 0. The Hall–Kier alpha value is -0.590. The topological polar surface area (TPSA) is 17.1 Å². The van der Waals surface area contributed by atoms with Crippen molar-refractivity contribution in [1.29, 1.82) is 0 Å². The predicted octanol–water partition coefficient (Wildman–Crippen LogP) is 1.15. The number of allylic oxidation sites excluding steroid dienone is 1. The first kappa shape index (κ1) is 4.57. The second-order valence-corrected chi connectivity index (χ2v) is 1.96. The average molecular weight is 96.1 g/mol. The summed E-state index contributed by atoms with van der Waals surface area (Å²) in [5, 5.41) is 0. The first-order chi connectivity index (χ1) is 3.34. The fourth-order valence-corrected chi connectivity index (χ4v) is 0.624. The maximum absolute atomic E-state index is 9.76. The van der Waals surface area contributed by atoms with Crippen molar-refractivity contribution >= 4 is 6.29 Å². The summed E-state index contributed by atoms with van der Waals surface area (Å²) < 4.78 is 0. The van der Waals surface area contributed by atoms with Gasteiger partial charge in [0.05, 0.1) is 0 Å². The first-order valence-electron chi connectivity index (χ1n) is 2.46. The van der Waals surface area contributed by atoms with Crippen LogP contribution in [0.3, 0.4) is 0 Å². The van der Waals surface area contributed by atoms with E-state index >= 15 is 0 Å². The molecule has 0 heterocycles. The fourth-order valence-electron chi connectivity index (χ4n) is 0.624. The van der Waals surface area contributed by atoms with Gasteiger partial charge in [-0.3, -0.25) is 0 Å². The smallest absolute Gasteiger partial charge is 0.120 e. The molecule has 0 bridgehead atoms. The van der Waals surface area contributed by atoms with Gasteiger partial charge in [-0.15, -0.1) is 0 Å². The van der Waals surface area contributed by atoms with Crippen molar-refractivity contribution in [3.05, 3.63) is 12.2 Å². The molecular weight excluding hydrogens is 88.1 g/mol. The summed E-state index contributed by atoms with van der Waals surface area (Å²) in [5.41, 5.74) is 1.24. The van der Waals surface area contributed by atoms with Crippen LogP contribution in [0.4, 0.5) is 0 Å². The standard InChI is InChI=1S/C6H8O/c1-5-4-6(5)2-3-7/h3,6H,1-2,4H2/t6-/m1/s1. The van der Waals surface area contributed by atoms with Crippen molar-refractivity contribution < 1.29 is 4.79 Å². The van der Waals surface area contributed by atoms with Gasteiger partial charge in [0, 0.05) is 6.42 Å². The Morgan fingerprint density at radius 2 is 2.57 bits per heavy atom. The Morgan fingerprint density at radius 1 is 2.00 bits per heavy atom. The molecule has 0 saturated heterocycles. The summed E-state index contributed by atoms with van der Waals surface area (Å²) in [6, 6.07) is 0. The zero-order chi connectivity index (χ0) is 5.28. The summed E-state index contributed by atoms with van der Waals surface area (Å²) in [4.78, 5) is 9.76. The zero-order valence-corrected chi connectivity index (χ0v) is 4.18. The average Bonchev–Trinajstić information content (AvgIpc) is 2.22. The van der Waals surface area contributed by atoms with E-state index in [4.69, 9.17) is 0 Å². The number of hydrogen-bond acceptors (Lipinski definition) is 1. The molecule has 0 radical (unpaired) electrons. The van der Waals surface area contributed by atoms with Gasteiger partial charge in [0.1, 0.15) is 6.29 Å². The predicted molar refractivity (Wildman–Crippen MR) is 27.9 cm³/mol. The molecule has 0 aliphatic heterocycles. The van der Waals surface area contributed by atoms with E-state index in [1.165, 1.54) is 5.57 Å². The minimum absolute atomic E-state index is 0.553. The molecule has 1 atom stereocenters. The number of rotatable bonds is 2. The third-order valence-corrected chi connectivity index (χ3v) is 1.31. The third kappa shape index (κ3) is 0.889. The van der Waals surface area contributed by atoms with Crippen molar-refractivity contribution in [2.24, 2.45) is 5.92 Å². The molecule has 0 N–H and O–H groups in total. The molecule has 0 spiro atoms. The summed E-state index contributed by atoms with van der Waals surface area (Å²) in [6.45, 7) is 3.71. The van der Waals surface area contributed by atoms with E-state index < -0.39 is 0 Å². The van der Waals surface area contributed by atoms with Crippen LogP contribution in [0, 0.1) is 5.92 Å². The molecule has 1 heteroatoms. The van der Waals surface area contributed by atoms with E-state index in [1.807, 2.05) is 0 Å². The highest BCUT2D eigenvalue weighted by molar-refractivity contribution is 5.52. The molecule has 7 heavy (non-hydrogen) atoms. The molecule has 0 aromatic carbocycles. The van der Waals surface area contributed by atoms with Gasteiger partial charge in [-0.25, -0.2) is 0 Å². The lowest BCUT2D eigenvalue weighted by molar-refractivity contribution is -0.108. The number of aldehydes is 1. The number of carbonyl (C=O) groups is 1. The molecule has 38 valence electrons. The Labute approximate surface area is 43.0 Å². The Kier molecular flexibility index (Phi) is 0.970. The van der Waals surface area contributed by atoms with Gasteiger partial charge in [-0.1, -0.05) is 12.2 Å². The minimum atomic E-state index is 0.553. The highest BCUT2D eigenvalue weighted by Crippen LogP contribution is 2.37. The lowest BCUT2D eigenvalue weighted by atomic mass is 10.3. The Bertz CT molecular complexity index is 105. The maximum atomic E-state index is 9.76. The molecule has 0 aromatic rings. The summed E-state index contributed by atoms with van der Waals surface area (Å²) in [6.07, 6.45) is 2.74. The quantitative estimate of drug-likeness (QED) is 0.372. The van der Waals surface area contributed by atoms with Crippen LogP contribution in [0.1, 0.15) is 12.8 Å². The van der Waals surface area contributed by atoms with Crippen molar-refractivity contribution in [1.82, 2.24) is 0 Å². The molecule has 1 aliphatic carbocycles. The van der Waals surface area contributed by atoms with E-state index in [-0.39, 0.29) is 0 Å². The van der Waals surface area contributed by atoms with Gasteiger partial charge < -0.3 is 4.79 Å². The largest absolute Gasteiger partial charge is 0.303 e. The Balaban J connectivity index is 2.20. The lowest BCUT2D eigenvalue weighted by Gasteiger charge is -1.74. The fraction of sp³-hybridized carbons (Fsp3) is 0.500. The second kappa shape index (κ2) is 1.49. The molecule has 1 nitrogen and oxygen atoms in total. The van der Waals surface area contributed by atoms with Crippen molar-refractivity contribution in [2.45, 2.75) is 12.8 Å². The van der Waals surface area contributed by atoms with E-state index in [0.29, 0.717) is 12.3 Å². The second-order valence-electron chi connectivity index (χ2n) is 1.96. The van der Waals surface area contributed by atoms with Crippen LogP contribution < -0.4 is 0 Å². The molecule has 0 aromatic heterocycles. The monoisotopic (exact) mass is 96.1 g/mol. The van der Waals surface area contributed by atoms with Gasteiger partial charge in [0.15, 0.2) is 0 Å². The third-order valence-electron chi connectivity index (χ3n) is 1.31. The molecule has 1 rings (SSSR count). The van der Waals surface area contributed by atoms with E-state index in [9.17, 15) is 4.79 Å². The summed E-state index contributed by atoms with van der Waals surface area (Å²) in [5.74, 6) is 0.553. The van der Waals surface area contributed by atoms with Crippen molar-refractivity contribution in [3.8, 4) is 0 Å². The van der Waals surface area contributed by atoms with Gasteiger partial charge in [-0.05, 0) is 12.3 Å². The zero-order valence-electron chi connectivity index (χ0n) is 4.18. The van der Waals surface area contributed by atoms with Crippen molar-refractivity contribution in [3.63, 3.8) is 0 Å². The Morgan fingerprint density at radius 3 is 2.71 bits per heavy atom. The lowest BCUT2D eigenvalue weighted by Crippen LogP contribution is -1.73. The minimum Gasteiger partial charge on any atom is -0.303 e. The van der Waals surface area contributed by atoms with E-state index in [1.54, 1.807) is 0 Å². The molecule has 1 fully saturated rings. The van der Waals surface area contributed by atoms with Gasteiger partial charge in [0.2, 0.25) is 0 Å². The van der Waals surface area contributed by atoms with Gasteiger partial charge in [0.25, 0.3) is 0 Å². The van der Waals surface area contributed by atoms with Gasteiger partial charge >= 0.3 is 0 Å². The highest BCUT2D eigenvalue weighted by Gasteiger charge is 2.25. The SMILES string of the molecule is C=C1C[C@H]1CC=O. The number of carbonyl (C=O) groups excluding carboxylic acids is 1. The molecule has 1 saturated carbocycles. The van der Waals surface area contributed by atoms with Crippen LogP contribution in [-0.4, -0.2) is 6.29 Å². The van der Waals surface area contributed by atoms with Crippen LogP contribution in [0.5, 0.6) is 0 Å². The van der Waals surface area contributed by atoms with Crippen LogP contribution in [0.15, 0.2) is 12.2 Å². The van der Waals surface area contributed by atoms with E-state index in [0.717, 1.165) is 12.7 Å². The first-order valence-corrected chi connectivity index (χ1v) is 2.46. The molecular formula is C6H8O. The van der Waals surface area contributed by atoms with Crippen LogP contribution in [-0.2, 0) is 4.79 Å². The summed E-state index contributed by atoms with van der Waals surface area (Å²) >= 11 is 0. The van der Waals surface area contributed by atoms with Crippen LogP contribution >= 0.6 is 0 Å². The maximum Gasteiger partial charge on any atom is 0.120 e. The van der Waals surface area contributed by atoms with Gasteiger partial charge in [-0.2, -0.15) is 0 Å². The highest BCUT2D eigenvalue weighted by atomic mass is 16.1. The molecule has 0 unspecified atom stereocenters.